The third-order valence-electron chi connectivity index (χ3n) is 5.07. The SMILES string of the molecule is COCC1OC(OC)C(OC)C(OC2OC(C(=O)OC)=CC(OC)C2OC)C1OC. The highest BCUT2D eigenvalue weighted by Crippen LogP contribution is 2.32. The standard InChI is InChI=1S/C19H32O11/c1-21-9-12-13(23-3)15(16(25-5)18(27-7)29-12)30-19-14(24-4)10(22-2)8-11(28-19)17(20)26-6/h8,10,12-16,18-19H,9H2,1-7H3. The first kappa shape index (κ1) is 25.0. The second-order valence-corrected chi connectivity index (χ2v) is 6.64. The van der Waals surface area contributed by atoms with Gasteiger partial charge in [-0.1, -0.05) is 0 Å². The van der Waals surface area contributed by atoms with E-state index in [1.54, 1.807) is 7.11 Å². The van der Waals surface area contributed by atoms with Crippen LogP contribution >= 0.6 is 0 Å². The summed E-state index contributed by atoms with van der Waals surface area (Å²) < 4.78 is 55.6. The summed E-state index contributed by atoms with van der Waals surface area (Å²) in [5.41, 5.74) is 0. The van der Waals surface area contributed by atoms with Crippen LogP contribution in [0.2, 0.25) is 0 Å². The first-order chi connectivity index (χ1) is 14.5. The molecule has 1 fully saturated rings. The lowest BCUT2D eigenvalue weighted by Crippen LogP contribution is -2.63. The molecular weight excluding hydrogens is 404 g/mol. The molecule has 0 aromatic heterocycles. The Labute approximate surface area is 176 Å². The Bertz CT molecular complexity index is 569. The molecule has 174 valence electrons. The van der Waals surface area contributed by atoms with Gasteiger partial charge in [0.25, 0.3) is 0 Å². The summed E-state index contributed by atoms with van der Waals surface area (Å²) in [6, 6.07) is 0. The van der Waals surface area contributed by atoms with Gasteiger partial charge < -0.3 is 47.4 Å². The van der Waals surface area contributed by atoms with E-state index in [0.29, 0.717) is 0 Å². The van der Waals surface area contributed by atoms with Gasteiger partial charge in [-0.05, 0) is 6.08 Å². The lowest BCUT2D eigenvalue weighted by molar-refractivity contribution is -0.339. The summed E-state index contributed by atoms with van der Waals surface area (Å²) in [6.07, 6.45) is -4.05. The van der Waals surface area contributed by atoms with Crippen LogP contribution < -0.4 is 0 Å². The molecule has 2 aliphatic rings. The van der Waals surface area contributed by atoms with E-state index < -0.39 is 55.2 Å². The van der Waals surface area contributed by atoms with Crippen molar-refractivity contribution in [2.45, 2.75) is 49.2 Å². The van der Waals surface area contributed by atoms with Crippen molar-refractivity contribution < 1.29 is 52.2 Å². The second-order valence-electron chi connectivity index (χ2n) is 6.64. The van der Waals surface area contributed by atoms with E-state index in [1.165, 1.54) is 48.7 Å². The molecule has 0 aliphatic carbocycles. The molecule has 0 radical (unpaired) electrons. The first-order valence-corrected chi connectivity index (χ1v) is 9.40. The molecule has 1 saturated heterocycles. The molecule has 2 aliphatic heterocycles. The minimum Gasteiger partial charge on any atom is -0.463 e. The molecule has 30 heavy (non-hydrogen) atoms. The number of methoxy groups -OCH3 is 7. The van der Waals surface area contributed by atoms with Crippen LogP contribution in [0.4, 0.5) is 0 Å². The minimum atomic E-state index is -1.03. The third kappa shape index (κ3) is 5.29. The van der Waals surface area contributed by atoms with E-state index in [2.05, 4.69) is 0 Å². The maximum Gasteiger partial charge on any atom is 0.373 e. The van der Waals surface area contributed by atoms with Gasteiger partial charge in [0, 0.05) is 42.7 Å². The molecule has 0 aromatic rings. The fraction of sp³-hybridized carbons (Fsp3) is 0.842. The van der Waals surface area contributed by atoms with Crippen molar-refractivity contribution in [3.63, 3.8) is 0 Å². The highest BCUT2D eigenvalue weighted by Gasteiger charge is 2.51. The van der Waals surface area contributed by atoms with Crippen LogP contribution in [0, 0.1) is 0 Å². The summed E-state index contributed by atoms with van der Waals surface area (Å²) in [7, 11) is 10.3. The summed E-state index contributed by atoms with van der Waals surface area (Å²) in [5.74, 6) is -0.708. The van der Waals surface area contributed by atoms with Gasteiger partial charge >= 0.3 is 5.97 Å². The van der Waals surface area contributed by atoms with Crippen LogP contribution in [0.3, 0.4) is 0 Å². The maximum atomic E-state index is 12.1. The molecule has 0 amide bonds. The van der Waals surface area contributed by atoms with Crippen LogP contribution in [0.25, 0.3) is 0 Å². The van der Waals surface area contributed by atoms with Gasteiger partial charge in [-0.2, -0.15) is 0 Å². The lowest BCUT2D eigenvalue weighted by Gasteiger charge is -2.46. The van der Waals surface area contributed by atoms with Crippen molar-refractivity contribution in [1.29, 1.82) is 0 Å². The van der Waals surface area contributed by atoms with E-state index in [0.717, 1.165) is 0 Å². The molecule has 0 aromatic carbocycles. The Balaban J connectivity index is 2.35. The van der Waals surface area contributed by atoms with Crippen LogP contribution in [0.15, 0.2) is 11.8 Å². The molecule has 2 rings (SSSR count). The molecule has 11 nitrogen and oxygen atoms in total. The van der Waals surface area contributed by atoms with Gasteiger partial charge in [-0.3, -0.25) is 0 Å². The predicted octanol–water partition coefficient (Wildman–Crippen LogP) is -0.137. The Hall–Kier alpha value is -1.31. The zero-order chi connectivity index (χ0) is 22.3. The highest BCUT2D eigenvalue weighted by molar-refractivity contribution is 5.86. The van der Waals surface area contributed by atoms with E-state index in [1.807, 2.05) is 0 Å². The van der Waals surface area contributed by atoms with Gasteiger partial charge in [0.15, 0.2) is 6.29 Å². The fourth-order valence-electron chi connectivity index (χ4n) is 3.61. The zero-order valence-electron chi connectivity index (χ0n) is 18.4. The molecule has 2 heterocycles. The predicted molar refractivity (Wildman–Crippen MR) is 101 cm³/mol. The Morgan fingerprint density at radius 1 is 0.833 bits per heavy atom. The average molecular weight is 436 g/mol. The van der Waals surface area contributed by atoms with Crippen LogP contribution in [-0.4, -0.2) is 112 Å². The molecule has 8 atom stereocenters. The number of carbonyl (C=O) groups is 1. The van der Waals surface area contributed by atoms with E-state index >= 15 is 0 Å². The topological polar surface area (TPSA) is 109 Å². The van der Waals surface area contributed by atoms with Crippen LogP contribution in [-0.2, 0) is 52.2 Å². The van der Waals surface area contributed by atoms with E-state index in [-0.39, 0.29) is 12.4 Å². The number of ether oxygens (including phenoxy) is 10. The molecule has 0 bridgehead atoms. The first-order valence-electron chi connectivity index (χ1n) is 9.40. The number of hydrogen-bond donors (Lipinski definition) is 0. The van der Waals surface area contributed by atoms with Crippen molar-refractivity contribution >= 4 is 5.97 Å². The fourth-order valence-corrected chi connectivity index (χ4v) is 3.61. The molecule has 8 unspecified atom stereocenters. The molecule has 0 spiro atoms. The van der Waals surface area contributed by atoms with Gasteiger partial charge in [0.2, 0.25) is 12.0 Å². The Morgan fingerprint density at radius 3 is 2.00 bits per heavy atom. The number of carbonyl (C=O) groups excluding carboxylic acids is 1. The number of esters is 1. The monoisotopic (exact) mass is 436 g/mol. The Morgan fingerprint density at radius 2 is 1.50 bits per heavy atom. The van der Waals surface area contributed by atoms with Crippen LogP contribution in [0.1, 0.15) is 0 Å². The number of hydrogen-bond acceptors (Lipinski definition) is 11. The quantitative estimate of drug-likeness (QED) is 0.427. The van der Waals surface area contributed by atoms with Gasteiger partial charge in [-0.15, -0.1) is 0 Å². The zero-order valence-corrected chi connectivity index (χ0v) is 18.4. The largest absolute Gasteiger partial charge is 0.463 e. The van der Waals surface area contributed by atoms with E-state index in [9.17, 15) is 4.79 Å². The average Bonchev–Trinajstić information content (AvgIpc) is 2.77. The van der Waals surface area contributed by atoms with Crippen molar-refractivity contribution in [2.24, 2.45) is 0 Å². The molecule has 11 heteroatoms. The van der Waals surface area contributed by atoms with Crippen molar-refractivity contribution in [2.75, 3.05) is 56.4 Å². The van der Waals surface area contributed by atoms with E-state index in [4.69, 9.17) is 47.4 Å². The van der Waals surface area contributed by atoms with Gasteiger partial charge in [0.1, 0.15) is 36.6 Å². The number of rotatable bonds is 10. The van der Waals surface area contributed by atoms with Crippen molar-refractivity contribution in [3.8, 4) is 0 Å². The normalized spacial score (nSPS) is 36.7. The van der Waals surface area contributed by atoms with Crippen molar-refractivity contribution in [3.05, 3.63) is 11.8 Å². The maximum absolute atomic E-state index is 12.1. The van der Waals surface area contributed by atoms with Crippen molar-refractivity contribution in [1.82, 2.24) is 0 Å². The van der Waals surface area contributed by atoms with Crippen LogP contribution in [0.5, 0.6) is 0 Å². The minimum absolute atomic E-state index is 0.0469. The second kappa shape index (κ2) is 11.9. The summed E-state index contributed by atoms with van der Waals surface area (Å²) in [4.78, 5) is 12.1. The Kier molecular flexibility index (Phi) is 9.91. The molecular formula is C19H32O11. The molecule has 0 N–H and O–H groups in total. The summed E-state index contributed by atoms with van der Waals surface area (Å²) >= 11 is 0. The lowest BCUT2D eigenvalue weighted by atomic mass is 9.98. The smallest absolute Gasteiger partial charge is 0.373 e. The summed E-state index contributed by atoms with van der Waals surface area (Å²) in [5, 5.41) is 0. The highest BCUT2D eigenvalue weighted by atomic mass is 16.8. The summed E-state index contributed by atoms with van der Waals surface area (Å²) in [6.45, 7) is 0.238. The third-order valence-corrected chi connectivity index (χ3v) is 5.07. The van der Waals surface area contributed by atoms with Gasteiger partial charge in [-0.25, -0.2) is 4.79 Å². The van der Waals surface area contributed by atoms with Gasteiger partial charge in [0.05, 0.1) is 13.7 Å². The molecule has 0 saturated carbocycles.